The van der Waals surface area contributed by atoms with E-state index in [0.29, 0.717) is 0 Å². The summed E-state index contributed by atoms with van der Waals surface area (Å²) in [6.07, 6.45) is 1.64. The second-order valence-electron chi connectivity index (χ2n) is 4.70. The highest BCUT2D eigenvalue weighted by Gasteiger charge is 2.39. The number of rotatable bonds is 1. The van der Waals surface area contributed by atoms with Gasteiger partial charge in [-0.05, 0) is 23.8 Å². The Labute approximate surface area is 110 Å². The summed E-state index contributed by atoms with van der Waals surface area (Å²) in [7, 11) is 0. The fraction of sp³-hybridized carbons (Fsp3) is 0.133. The Bertz CT molecular complexity index is 636. The minimum atomic E-state index is -0.883. The lowest BCUT2D eigenvalue weighted by Crippen LogP contribution is -2.55. The summed E-state index contributed by atoms with van der Waals surface area (Å²) < 4.78 is 13.1. The molecule has 0 radical (unpaired) electrons. The molecule has 0 bridgehead atoms. The van der Waals surface area contributed by atoms with Crippen molar-refractivity contribution in [3.05, 3.63) is 65.5 Å². The van der Waals surface area contributed by atoms with Crippen molar-refractivity contribution in [1.82, 2.24) is 0 Å². The zero-order valence-corrected chi connectivity index (χ0v) is 10.3. The van der Waals surface area contributed by atoms with E-state index in [1.54, 1.807) is 18.3 Å². The first kappa shape index (κ1) is 12.0. The van der Waals surface area contributed by atoms with Gasteiger partial charge in [-0.2, -0.15) is 0 Å². The number of fused-ring (bicyclic) bond motifs is 1. The van der Waals surface area contributed by atoms with E-state index in [1.165, 1.54) is 12.1 Å². The Kier molecular flexibility index (Phi) is 2.69. The molecule has 0 aliphatic carbocycles. The quantitative estimate of drug-likeness (QED) is 0.819. The molecule has 2 aromatic rings. The lowest BCUT2D eigenvalue weighted by Gasteiger charge is -2.37. The third-order valence-corrected chi connectivity index (χ3v) is 3.57. The van der Waals surface area contributed by atoms with Crippen LogP contribution < -0.4 is 11.5 Å². The van der Waals surface area contributed by atoms with Crippen LogP contribution in [0.3, 0.4) is 0 Å². The highest BCUT2D eigenvalue weighted by molar-refractivity contribution is 5.78. The van der Waals surface area contributed by atoms with Gasteiger partial charge < -0.3 is 11.5 Å². The van der Waals surface area contributed by atoms with Gasteiger partial charge >= 0.3 is 0 Å². The van der Waals surface area contributed by atoms with E-state index < -0.39 is 11.6 Å². The highest BCUT2D eigenvalue weighted by Crippen LogP contribution is 2.38. The maximum atomic E-state index is 13.1. The van der Waals surface area contributed by atoms with Crippen LogP contribution in [0, 0.1) is 5.82 Å². The van der Waals surface area contributed by atoms with Crippen molar-refractivity contribution in [3.8, 4) is 0 Å². The molecule has 0 saturated heterocycles. The summed E-state index contributed by atoms with van der Waals surface area (Å²) in [4.78, 5) is 4.31. The third-order valence-electron chi connectivity index (χ3n) is 3.57. The number of aliphatic imine (C=N–C) groups is 1. The monoisotopic (exact) mass is 255 g/mol. The maximum Gasteiger partial charge on any atom is 0.123 e. The summed E-state index contributed by atoms with van der Waals surface area (Å²) in [6, 6.07) is 13.3. The number of hydrogen-bond acceptors (Lipinski definition) is 3. The molecule has 0 spiro atoms. The van der Waals surface area contributed by atoms with Crippen LogP contribution in [-0.4, -0.2) is 12.3 Å². The fourth-order valence-electron chi connectivity index (χ4n) is 2.47. The molecule has 4 heteroatoms. The van der Waals surface area contributed by atoms with Crippen molar-refractivity contribution >= 4 is 11.9 Å². The molecule has 0 amide bonds. The standard InChI is InChI=1S/C15H14FN3/c16-11-7-5-10(6-8-11)15(18)12-3-1-2-4-13(12)19-9-14(15)17/h1-9,14H,17-18H2. The van der Waals surface area contributed by atoms with E-state index in [2.05, 4.69) is 4.99 Å². The van der Waals surface area contributed by atoms with Gasteiger partial charge in [-0.3, -0.25) is 4.99 Å². The number of nitrogens with zero attached hydrogens (tertiary/aromatic N) is 1. The molecule has 1 aliphatic heterocycles. The Morgan fingerprint density at radius 1 is 1.05 bits per heavy atom. The number of nitrogens with two attached hydrogens (primary N) is 2. The van der Waals surface area contributed by atoms with Crippen LogP contribution >= 0.6 is 0 Å². The van der Waals surface area contributed by atoms with E-state index >= 15 is 0 Å². The smallest absolute Gasteiger partial charge is 0.123 e. The van der Waals surface area contributed by atoms with Gasteiger partial charge in [-0.15, -0.1) is 0 Å². The zero-order valence-electron chi connectivity index (χ0n) is 10.3. The van der Waals surface area contributed by atoms with Gasteiger partial charge in [0.25, 0.3) is 0 Å². The Balaban J connectivity index is 2.21. The number of hydrogen-bond donors (Lipinski definition) is 2. The van der Waals surface area contributed by atoms with Crippen LogP contribution in [0.15, 0.2) is 53.5 Å². The van der Waals surface area contributed by atoms with Crippen LogP contribution in [0.5, 0.6) is 0 Å². The first-order valence-corrected chi connectivity index (χ1v) is 6.06. The normalized spacial score (nSPS) is 25.1. The summed E-state index contributed by atoms with van der Waals surface area (Å²) in [6.45, 7) is 0. The number of halogens is 1. The summed E-state index contributed by atoms with van der Waals surface area (Å²) in [5.41, 5.74) is 14.2. The predicted octanol–water partition coefficient (Wildman–Crippen LogP) is 2.07. The summed E-state index contributed by atoms with van der Waals surface area (Å²) in [5, 5.41) is 0. The highest BCUT2D eigenvalue weighted by atomic mass is 19.1. The van der Waals surface area contributed by atoms with Crippen LogP contribution in [-0.2, 0) is 5.54 Å². The van der Waals surface area contributed by atoms with Gasteiger partial charge in [0, 0.05) is 11.8 Å². The van der Waals surface area contributed by atoms with E-state index in [4.69, 9.17) is 11.5 Å². The molecule has 0 aromatic heterocycles. The topological polar surface area (TPSA) is 64.4 Å². The molecule has 3 rings (SSSR count). The Morgan fingerprint density at radius 2 is 1.74 bits per heavy atom. The minimum absolute atomic E-state index is 0.293. The molecule has 96 valence electrons. The van der Waals surface area contributed by atoms with Crippen molar-refractivity contribution in [2.75, 3.05) is 0 Å². The SMILES string of the molecule is NC1C=Nc2ccccc2C1(N)c1ccc(F)cc1. The van der Waals surface area contributed by atoms with Gasteiger partial charge in [0.1, 0.15) is 5.82 Å². The Morgan fingerprint density at radius 3 is 2.47 bits per heavy atom. The average Bonchev–Trinajstić information content (AvgIpc) is 2.44. The number of benzene rings is 2. The van der Waals surface area contributed by atoms with Gasteiger partial charge in [0.05, 0.1) is 17.3 Å². The molecule has 3 nitrogen and oxygen atoms in total. The van der Waals surface area contributed by atoms with Gasteiger partial charge in [-0.25, -0.2) is 4.39 Å². The van der Waals surface area contributed by atoms with Crippen LogP contribution in [0.4, 0.5) is 10.1 Å². The van der Waals surface area contributed by atoms with Gasteiger partial charge in [0.15, 0.2) is 0 Å². The van der Waals surface area contributed by atoms with E-state index in [0.717, 1.165) is 16.8 Å². The maximum absolute atomic E-state index is 13.1. The van der Waals surface area contributed by atoms with Crippen LogP contribution in [0.25, 0.3) is 0 Å². The molecule has 4 N–H and O–H groups in total. The predicted molar refractivity (Wildman–Crippen MR) is 73.9 cm³/mol. The van der Waals surface area contributed by atoms with Gasteiger partial charge in [0.2, 0.25) is 0 Å². The molecule has 0 fully saturated rings. The van der Waals surface area contributed by atoms with E-state index in [1.807, 2.05) is 24.3 Å². The van der Waals surface area contributed by atoms with Crippen molar-refractivity contribution in [3.63, 3.8) is 0 Å². The van der Waals surface area contributed by atoms with Crippen LogP contribution in [0.2, 0.25) is 0 Å². The number of para-hydroxylation sites is 1. The molecule has 2 unspecified atom stereocenters. The van der Waals surface area contributed by atoms with Crippen LogP contribution in [0.1, 0.15) is 11.1 Å². The molecule has 0 saturated carbocycles. The lowest BCUT2D eigenvalue weighted by atomic mass is 9.76. The third kappa shape index (κ3) is 1.77. The largest absolute Gasteiger partial charge is 0.321 e. The molecule has 1 aliphatic rings. The Hall–Kier alpha value is -2.04. The fourth-order valence-corrected chi connectivity index (χ4v) is 2.47. The zero-order chi connectivity index (χ0) is 13.5. The van der Waals surface area contributed by atoms with Crippen molar-refractivity contribution in [2.45, 2.75) is 11.6 Å². The van der Waals surface area contributed by atoms with E-state index in [-0.39, 0.29) is 5.82 Å². The van der Waals surface area contributed by atoms with E-state index in [9.17, 15) is 4.39 Å². The molecule has 2 aromatic carbocycles. The molecule has 1 heterocycles. The average molecular weight is 255 g/mol. The molecule has 2 atom stereocenters. The first-order chi connectivity index (χ1) is 9.12. The van der Waals surface area contributed by atoms with Crippen molar-refractivity contribution < 1.29 is 4.39 Å². The summed E-state index contributed by atoms with van der Waals surface area (Å²) >= 11 is 0. The molecule has 19 heavy (non-hydrogen) atoms. The first-order valence-electron chi connectivity index (χ1n) is 6.06. The van der Waals surface area contributed by atoms with Gasteiger partial charge in [-0.1, -0.05) is 30.3 Å². The van der Waals surface area contributed by atoms with Crippen molar-refractivity contribution in [2.24, 2.45) is 16.5 Å². The molecular weight excluding hydrogens is 241 g/mol. The van der Waals surface area contributed by atoms with Crippen molar-refractivity contribution in [1.29, 1.82) is 0 Å². The lowest BCUT2D eigenvalue weighted by molar-refractivity contribution is 0.496. The minimum Gasteiger partial charge on any atom is -0.321 e. The second-order valence-corrected chi connectivity index (χ2v) is 4.70. The second kappa shape index (κ2) is 4.26. The molecular formula is C15H14FN3. The summed E-state index contributed by atoms with van der Waals surface area (Å²) in [5.74, 6) is -0.293.